The van der Waals surface area contributed by atoms with E-state index in [1.54, 1.807) is 0 Å². The van der Waals surface area contributed by atoms with Crippen LogP contribution < -0.4 is 4.90 Å². The molecule has 1 aliphatic heterocycles. The van der Waals surface area contributed by atoms with Crippen molar-refractivity contribution in [2.24, 2.45) is 11.8 Å². The number of para-hydroxylation sites is 1. The normalized spacial score (nSPS) is 26.3. The van der Waals surface area contributed by atoms with Crippen LogP contribution in [0.2, 0.25) is 0 Å². The Morgan fingerprint density at radius 3 is 1.93 bits per heavy atom. The summed E-state index contributed by atoms with van der Waals surface area (Å²) in [4.78, 5) is 28.8. The van der Waals surface area contributed by atoms with E-state index < -0.39 is 0 Å². The maximum absolute atomic E-state index is 13.7. The predicted octanol–water partition coefficient (Wildman–Crippen LogP) is 5.15. The minimum Gasteiger partial charge on any atom is -0.274 e. The van der Waals surface area contributed by atoms with Crippen LogP contribution in [0.25, 0.3) is 0 Å². The number of amides is 2. The summed E-state index contributed by atoms with van der Waals surface area (Å²) >= 11 is 3.53. The molecule has 4 aliphatic rings. The fraction of sp³-hybridized carbons (Fsp3) is 0.200. The molecular weight excluding hydrogens is 426 g/mol. The van der Waals surface area contributed by atoms with Crippen LogP contribution in [0.3, 0.4) is 0 Å². The van der Waals surface area contributed by atoms with Crippen LogP contribution in [0.1, 0.15) is 39.7 Å². The summed E-state index contributed by atoms with van der Waals surface area (Å²) in [7, 11) is 0. The van der Waals surface area contributed by atoms with E-state index in [-0.39, 0.29) is 35.5 Å². The van der Waals surface area contributed by atoms with Gasteiger partial charge in [-0.1, -0.05) is 60.2 Å². The molecule has 7 rings (SSSR count). The van der Waals surface area contributed by atoms with Crippen LogP contribution in [-0.4, -0.2) is 11.8 Å². The Balaban J connectivity index is 1.60. The number of carbonyl (C=O) groups excluding carboxylic acids is 2. The van der Waals surface area contributed by atoms with E-state index >= 15 is 0 Å². The predicted molar refractivity (Wildman–Crippen MR) is 115 cm³/mol. The van der Waals surface area contributed by atoms with Gasteiger partial charge < -0.3 is 0 Å². The Labute approximate surface area is 177 Å². The van der Waals surface area contributed by atoms with Gasteiger partial charge in [0.2, 0.25) is 11.8 Å². The molecule has 29 heavy (non-hydrogen) atoms. The molecule has 3 aliphatic carbocycles. The van der Waals surface area contributed by atoms with Gasteiger partial charge in [-0.05, 0) is 57.2 Å². The van der Waals surface area contributed by atoms with E-state index in [4.69, 9.17) is 0 Å². The minimum atomic E-state index is -0.344. The van der Waals surface area contributed by atoms with Crippen molar-refractivity contribution in [3.8, 4) is 0 Å². The number of carbonyl (C=O) groups is 2. The van der Waals surface area contributed by atoms with Crippen molar-refractivity contribution in [3.63, 3.8) is 0 Å². The molecule has 1 saturated heterocycles. The van der Waals surface area contributed by atoms with Crippen LogP contribution in [0.4, 0.5) is 5.69 Å². The molecule has 0 radical (unpaired) electrons. The molecule has 2 bridgehead atoms. The molecule has 4 unspecified atom stereocenters. The van der Waals surface area contributed by atoms with Gasteiger partial charge >= 0.3 is 0 Å². The lowest BCUT2D eigenvalue weighted by atomic mass is 9.55. The molecule has 0 aromatic heterocycles. The highest BCUT2D eigenvalue weighted by molar-refractivity contribution is 9.10. The average Bonchev–Trinajstić information content (AvgIpc) is 2.99. The average molecular weight is 444 g/mol. The van der Waals surface area contributed by atoms with Crippen molar-refractivity contribution in [2.75, 3.05) is 4.90 Å². The molecule has 0 spiro atoms. The number of imide groups is 1. The van der Waals surface area contributed by atoms with Gasteiger partial charge in [-0.3, -0.25) is 9.59 Å². The first-order valence-electron chi connectivity index (χ1n) is 9.89. The maximum Gasteiger partial charge on any atom is 0.238 e. The van der Waals surface area contributed by atoms with Crippen LogP contribution in [0.15, 0.2) is 71.2 Å². The Morgan fingerprint density at radius 1 is 0.724 bits per heavy atom. The third-order valence-electron chi connectivity index (χ3n) is 6.79. The zero-order valence-corrected chi connectivity index (χ0v) is 17.4. The molecular formula is C25H18BrNO2. The Bertz CT molecular complexity index is 1220. The fourth-order valence-electron chi connectivity index (χ4n) is 5.72. The third-order valence-corrected chi connectivity index (χ3v) is 7.46. The summed E-state index contributed by atoms with van der Waals surface area (Å²) < 4.78 is 0.763. The lowest BCUT2D eigenvalue weighted by Gasteiger charge is -2.46. The lowest BCUT2D eigenvalue weighted by Crippen LogP contribution is -2.41. The van der Waals surface area contributed by atoms with Crippen molar-refractivity contribution in [1.29, 1.82) is 0 Å². The second-order valence-electron chi connectivity index (χ2n) is 8.23. The number of halogens is 1. The summed E-state index contributed by atoms with van der Waals surface area (Å²) in [5.41, 5.74) is 6.64. The second kappa shape index (κ2) is 5.90. The highest BCUT2D eigenvalue weighted by atomic mass is 79.9. The minimum absolute atomic E-state index is 0.0688. The van der Waals surface area contributed by atoms with E-state index in [0.29, 0.717) is 5.69 Å². The molecule has 3 aromatic rings. The van der Waals surface area contributed by atoms with Crippen LogP contribution in [0, 0.1) is 18.8 Å². The Morgan fingerprint density at radius 2 is 1.28 bits per heavy atom. The highest BCUT2D eigenvalue weighted by Gasteiger charge is 2.61. The molecule has 3 nitrogen and oxygen atoms in total. The van der Waals surface area contributed by atoms with Gasteiger partial charge in [0.1, 0.15) is 0 Å². The first-order chi connectivity index (χ1) is 14.1. The van der Waals surface area contributed by atoms with E-state index in [9.17, 15) is 9.59 Å². The zero-order valence-electron chi connectivity index (χ0n) is 15.8. The molecule has 0 N–H and O–H groups in total. The summed E-state index contributed by atoms with van der Waals surface area (Å²) in [6, 6.07) is 22.3. The molecule has 3 aromatic carbocycles. The first-order valence-corrected chi connectivity index (χ1v) is 10.7. The van der Waals surface area contributed by atoms with Crippen LogP contribution in [0.5, 0.6) is 0 Å². The Kier molecular flexibility index (Phi) is 3.49. The first kappa shape index (κ1) is 17.2. The van der Waals surface area contributed by atoms with E-state index in [1.165, 1.54) is 32.7 Å². The molecule has 1 heterocycles. The fourth-order valence-corrected chi connectivity index (χ4v) is 6.18. The summed E-state index contributed by atoms with van der Waals surface area (Å²) in [5.74, 6) is -0.986. The molecule has 0 saturated carbocycles. The molecule has 4 atom stereocenters. The van der Waals surface area contributed by atoms with E-state index in [1.807, 2.05) is 36.4 Å². The summed E-state index contributed by atoms with van der Waals surface area (Å²) in [6.45, 7) is 2.08. The molecule has 142 valence electrons. The monoisotopic (exact) mass is 443 g/mol. The van der Waals surface area contributed by atoms with Gasteiger partial charge in [0.25, 0.3) is 0 Å². The second-order valence-corrected chi connectivity index (χ2v) is 9.09. The number of hydrogen-bond acceptors (Lipinski definition) is 2. The summed E-state index contributed by atoms with van der Waals surface area (Å²) in [6.07, 6.45) is 0. The SMILES string of the molecule is Cc1ccc2c(c1)C1c3ccccc3C2C2C(=O)N(c3ccccc3Br)C(=O)C12. The van der Waals surface area contributed by atoms with Gasteiger partial charge in [0, 0.05) is 16.3 Å². The zero-order chi connectivity index (χ0) is 19.9. The van der Waals surface area contributed by atoms with E-state index in [2.05, 4.69) is 53.2 Å². The lowest BCUT2D eigenvalue weighted by molar-refractivity contribution is -0.122. The molecule has 1 fully saturated rings. The number of hydrogen-bond donors (Lipinski definition) is 0. The molecule has 4 heteroatoms. The highest BCUT2D eigenvalue weighted by Crippen LogP contribution is 2.61. The number of nitrogens with zero attached hydrogens (tertiary/aromatic N) is 1. The van der Waals surface area contributed by atoms with Crippen molar-refractivity contribution >= 4 is 33.4 Å². The number of anilines is 1. The third kappa shape index (κ3) is 2.13. The van der Waals surface area contributed by atoms with Crippen molar-refractivity contribution in [2.45, 2.75) is 18.8 Å². The number of rotatable bonds is 1. The standard InChI is InChI=1S/C25H18BrNO2/c1-13-10-11-16-17(12-13)21-15-7-3-2-6-14(15)20(16)22-23(21)25(29)27(24(22)28)19-9-5-4-8-18(19)26/h2-12,20-23H,1H3. The van der Waals surface area contributed by atoms with Crippen LogP contribution >= 0.6 is 15.9 Å². The molecule has 2 amide bonds. The van der Waals surface area contributed by atoms with Crippen molar-refractivity contribution in [3.05, 3.63) is 99.0 Å². The van der Waals surface area contributed by atoms with Crippen LogP contribution in [-0.2, 0) is 9.59 Å². The van der Waals surface area contributed by atoms with Gasteiger partial charge in [-0.2, -0.15) is 0 Å². The van der Waals surface area contributed by atoms with E-state index in [0.717, 1.165) is 4.47 Å². The van der Waals surface area contributed by atoms with Gasteiger partial charge in [-0.15, -0.1) is 0 Å². The Hall–Kier alpha value is -2.72. The topological polar surface area (TPSA) is 37.4 Å². The maximum atomic E-state index is 13.7. The van der Waals surface area contributed by atoms with Crippen molar-refractivity contribution in [1.82, 2.24) is 0 Å². The number of benzene rings is 3. The quantitative estimate of drug-likeness (QED) is 0.487. The van der Waals surface area contributed by atoms with Gasteiger partial charge in [0.05, 0.1) is 17.5 Å². The van der Waals surface area contributed by atoms with Gasteiger partial charge in [0.15, 0.2) is 0 Å². The largest absolute Gasteiger partial charge is 0.274 e. The summed E-state index contributed by atoms with van der Waals surface area (Å²) in [5, 5.41) is 0. The van der Waals surface area contributed by atoms with Gasteiger partial charge in [-0.25, -0.2) is 4.90 Å². The number of aryl methyl sites for hydroxylation is 1. The smallest absolute Gasteiger partial charge is 0.238 e. The van der Waals surface area contributed by atoms with Crippen molar-refractivity contribution < 1.29 is 9.59 Å².